The van der Waals surface area contributed by atoms with Gasteiger partial charge in [0.25, 0.3) is 5.91 Å². The van der Waals surface area contributed by atoms with Gasteiger partial charge in [-0.25, -0.2) is 15.0 Å². The van der Waals surface area contributed by atoms with Crippen LogP contribution in [0.3, 0.4) is 0 Å². The monoisotopic (exact) mass is 393 g/mol. The molecule has 7 nitrogen and oxygen atoms in total. The average Bonchev–Trinajstić information content (AvgIpc) is 3.30. The van der Waals surface area contributed by atoms with E-state index in [1.54, 1.807) is 6.92 Å². The van der Waals surface area contributed by atoms with Crippen molar-refractivity contribution in [2.45, 2.75) is 64.8 Å². The van der Waals surface area contributed by atoms with Gasteiger partial charge < -0.3 is 15.1 Å². The fourth-order valence-corrected chi connectivity index (χ4v) is 3.56. The van der Waals surface area contributed by atoms with Crippen molar-refractivity contribution in [3.8, 4) is 0 Å². The lowest BCUT2D eigenvalue weighted by molar-refractivity contribution is 0.102. The number of carbonyl (C=O) groups is 1. The van der Waals surface area contributed by atoms with Gasteiger partial charge in [0.05, 0.1) is 10.9 Å². The first-order chi connectivity index (χ1) is 13.9. The third-order valence-electron chi connectivity index (χ3n) is 5.63. The second kappa shape index (κ2) is 7.46. The Kier molecular flexibility index (Phi) is 4.98. The minimum atomic E-state index is -0.276. The molecule has 3 aromatic heterocycles. The van der Waals surface area contributed by atoms with Gasteiger partial charge in [-0.3, -0.25) is 4.79 Å². The highest BCUT2D eigenvalue weighted by Gasteiger charge is 2.38. The number of anilines is 2. The van der Waals surface area contributed by atoms with E-state index in [0.717, 1.165) is 25.7 Å². The molecule has 3 heterocycles. The summed E-state index contributed by atoms with van der Waals surface area (Å²) in [5.74, 6) is 1.83. The number of aromatic nitrogens is 3. The van der Waals surface area contributed by atoms with Crippen LogP contribution in [0, 0.1) is 6.92 Å². The van der Waals surface area contributed by atoms with Crippen molar-refractivity contribution < 1.29 is 9.21 Å². The van der Waals surface area contributed by atoms with Gasteiger partial charge in [0, 0.05) is 11.7 Å². The number of carbonyl (C=O) groups excluding carboxylic acids is 1. The normalized spacial score (nSPS) is 15.9. The first-order valence-electron chi connectivity index (χ1n) is 10.2. The number of furan rings is 1. The molecule has 3 aromatic rings. The molecule has 1 saturated carbocycles. The van der Waals surface area contributed by atoms with E-state index in [9.17, 15) is 4.79 Å². The zero-order chi connectivity index (χ0) is 20.6. The van der Waals surface area contributed by atoms with E-state index in [1.807, 2.05) is 18.3 Å². The van der Waals surface area contributed by atoms with Crippen LogP contribution in [0.5, 0.6) is 0 Å². The van der Waals surface area contributed by atoms with Crippen LogP contribution in [0.15, 0.2) is 29.1 Å². The van der Waals surface area contributed by atoms with Crippen LogP contribution in [0.25, 0.3) is 11.1 Å². The highest BCUT2D eigenvalue weighted by molar-refractivity contribution is 6.15. The van der Waals surface area contributed by atoms with Crippen LogP contribution < -0.4 is 10.6 Å². The summed E-state index contributed by atoms with van der Waals surface area (Å²) < 4.78 is 5.74. The molecule has 7 heteroatoms. The number of aryl methyl sites for hydroxylation is 1. The summed E-state index contributed by atoms with van der Waals surface area (Å²) in [5, 5.41) is 6.94. The molecule has 1 amide bonds. The SMILES string of the molecule is CCCC(C)c1ccc(NC(=O)c2c(C)oc3ncnc(NC4(C)CC4)c23)nc1. The highest BCUT2D eigenvalue weighted by atomic mass is 16.3. The molecule has 1 aliphatic carbocycles. The molecule has 0 saturated heterocycles. The molecule has 0 aliphatic heterocycles. The molecule has 1 unspecified atom stereocenters. The quantitative estimate of drug-likeness (QED) is 0.584. The Morgan fingerprint density at radius 1 is 1.28 bits per heavy atom. The Hall–Kier alpha value is -2.96. The summed E-state index contributed by atoms with van der Waals surface area (Å²) in [5.41, 5.74) is 2.04. The minimum Gasteiger partial charge on any atom is -0.442 e. The van der Waals surface area contributed by atoms with Gasteiger partial charge >= 0.3 is 0 Å². The van der Waals surface area contributed by atoms with Crippen LogP contribution in [-0.4, -0.2) is 26.4 Å². The van der Waals surface area contributed by atoms with E-state index in [4.69, 9.17) is 4.42 Å². The fraction of sp³-hybridized carbons (Fsp3) is 0.455. The first kappa shape index (κ1) is 19.4. The highest BCUT2D eigenvalue weighted by Crippen LogP contribution is 2.40. The van der Waals surface area contributed by atoms with Gasteiger partial charge in [0.2, 0.25) is 5.71 Å². The molecule has 0 aromatic carbocycles. The van der Waals surface area contributed by atoms with Crippen LogP contribution in [0.2, 0.25) is 0 Å². The van der Waals surface area contributed by atoms with Gasteiger partial charge in [0.15, 0.2) is 0 Å². The number of nitrogens with zero attached hydrogens (tertiary/aromatic N) is 3. The number of fused-ring (bicyclic) bond motifs is 1. The van der Waals surface area contributed by atoms with Crippen LogP contribution in [0.4, 0.5) is 11.6 Å². The van der Waals surface area contributed by atoms with Crippen molar-refractivity contribution in [2.75, 3.05) is 10.6 Å². The minimum absolute atomic E-state index is 0.0206. The molecular weight excluding hydrogens is 366 g/mol. The van der Waals surface area contributed by atoms with E-state index in [0.29, 0.717) is 40.0 Å². The molecule has 152 valence electrons. The lowest BCUT2D eigenvalue weighted by atomic mass is 9.98. The first-order valence-corrected chi connectivity index (χ1v) is 10.2. The third kappa shape index (κ3) is 3.95. The van der Waals surface area contributed by atoms with Crippen LogP contribution in [0.1, 0.15) is 74.1 Å². The van der Waals surface area contributed by atoms with Crippen LogP contribution >= 0.6 is 0 Å². The van der Waals surface area contributed by atoms with E-state index in [1.165, 1.54) is 11.9 Å². The number of rotatable bonds is 7. The second-order valence-corrected chi connectivity index (χ2v) is 8.24. The summed E-state index contributed by atoms with van der Waals surface area (Å²) >= 11 is 0. The van der Waals surface area contributed by atoms with Crippen molar-refractivity contribution in [2.24, 2.45) is 0 Å². The maximum atomic E-state index is 13.1. The number of hydrogen-bond donors (Lipinski definition) is 2. The summed E-state index contributed by atoms with van der Waals surface area (Å²) in [4.78, 5) is 26.1. The Balaban J connectivity index is 1.61. The van der Waals surface area contributed by atoms with Crippen molar-refractivity contribution in [3.63, 3.8) is 0 Å². The van der Waals surface area contributed by atoms with Gasteiger partial charge in [0.1, 0.15) is 23.7 Å². The van der Waals surface area contributed by atoms with Gasteiger partial charge in [-0.1, -0.05) is 26.3 Å². The number of amides is 1. The fourth-order valence-electron chi connectivity index (χ4n) is 3.56. The van der Waals surface area contributed by atoms with E-state index in [-0.39, 0.29) is 11.4 Å². The maximum Gasteiger partial charge on any atom is 0.261 e. The Morgan fingerprint density at radius 2 is 2.07 bits per heavy atom. The van der Waals surface area contributed by atoms with Crippen molar-refractivity contribution in [1.82, 2.24) is 15.0 Å². The maximum absolute atomic E-state index is 13.1. The van der Waals surface area contributed by atoms with Crippen molar-refractivity contribution in [3.05, 3.63) is 41.5 Å². The van der Waals surface area contributed by atoms with E-state index < -0.39 is 0 Å². The average molecular weight is 393 g/mol. The van der Waals surface area contributed by atoms with Crippen molar-refractivity contribution in [1.29, 1.82) is 0 Å². The predicted octanol–water partition coefficient (Wildman–Crippen LogP) is 5.05. The summed E-state index contributed by atoms with van der Waals surface area (Å²) in [6.07, 6.45) is 7.68. The molecule has 0 spiro atoms. The van der Waals surface area contributed by atoms with E-state index >= 15 is 0 Å². The second-order valence-electron chi connectivity index (χ2n) is 8.24. The number of nitrogens with one attached hydrogen (secondary N) is 2. The molecule has 1 atom stereocenters. The molecule has 2 N–H and O–H groups in total. The Morgan fingerprint density at radius 3 is 2.72 bits per heavy atom. The largest absolute Gasteiger partial charge is 0.442 e. The number of hydrogen-bond acceptors (Lipinski definition) is 6. The van der Waals surface area contributed by atoms with Crippen LogP contribution in [-0.2, 0) is 0 Å². The lowest BCUT2D eigenvalue weighted by Crippen LogP contribution is -2.19. The predicted molar refractivity (Wildman–Crippen MR) is 113 cm³/mol. The topological polar surface area (TPSA) is 92.9 Å². The van der Waals surface area contributed by atoms with E-state index in [2.05, 4.69) is 46.4 Å². The summed E-state index contributed by atoms with van der Waals surface area (Å²) in [6, 6.07) is 3.87. The molecule has 1 fully saturated rings. The molecule has 1 aliphatic rings. The molecule has 0 bridgehead atoms. The summed E-state index contributed by atoms with van der Waals surface area (Å²) in [7, 11) is 0. The smallest absolute Gasteiger partial charge is 0.261 e. The lowest BCUT2D eigenvalue weighted by Gasteiger charge is -2.13. The molecule has 0 radical (unpaired) electrons. The van der Waals surface area contributed by atoms with Gasteiger partial charge in [-0.2, -0.15) is 0 Å². The van der Waals surface area contributed by atoms with Gasteiger partial charge in [-0.05, 0) is 50.7 Å². The zero-order valence-electron chi connectivity index (χ0n) is 17.4. The van der Waals surface area contributed by atoms with Crippen molar-refractivity contribution >= 4 is 28.6 Å². The molecular formula is C22H27N5O2. The Labute approximate surface area is 170 Å². The molecule has 29 heavy (non-hydrogen) atoms. The van der Waals surface area contributed by atoms with Gasteiger partial charge in [-0.15, -0.1) is 0 Å². The Bertz CT molecular complexity index is 1040. The summed E-state index contributed by atoms with van der Waals surface area (Å²) in [6.45, 7) is 8.27. The molecule has 4 rings (SSSR count). The standard InChI is InChI=1S/C22H27N5O2/c1-5-6-13(2)15-7-8-16(23-11-15)26-20(28)17-14(3)29-21-18(17)19(24-12-25-21)27-22(4)9-10-22/h7-8,11-13H,5-6,9-10H2,1-4H3,(H,23,26,28)(H,24,25,27). The third-order valence-corrected chi connectivity index (χ3v) is 5.63. The number of pyridine rings is 1. The zero-order valence-corrected chi connectivity index (χ0v) is 17.4.